The molecule has 7 heteroatoms. The molecule has 1 aromatic carbocycles. The Morgan fingerprint density at radius 2 is 1.85 bits per heavy atom. The van der Waals surface area contributed by atoms with E-state index in [0.717, 1.165) is 0 Å². The van der Waals surface area contributed by atoms with E-state index < -0.39 is 26.5 Å². The lowest BCUT2D eigenvalue weighted by Gasteiger charge is -2.10. The molecule has 6 nitrogen and oxygen atoms in total. The van der Waals surface area contributed by atoms with Gasteiger partial charge in [0.1, 0.15) is 0 Å². The quantitative estimate of drug-likeness (QED) is 0.832. The molecule has 0 saturated heterocycles. The molecule has 0 atom stereocenters. The van der Waals surface area contributed by atoms with Crippen molar-refractivity contribution in [2.24, 2.45) is 0 Å². The first kappa shape index (κ1) is 14.5. The number of fused-ring (bicyclic) bond motifs is 1. The summed E-state index contributed by atoms with van der Waals surface area (Å²) in [6, 6.07) is 6.46. The molecule has 0 aliphatic carbocycles. The maximum absolute atomic E-state index is 11.8. The third-order valence-corrected chi connectivity index (χ3v) is 5.32. The van der Waals surface area contributed by atoms with Gasteiger partial charge in [-0.1, -0.05) is 12.1 Å². The first-order chi connectivity index (χ1) is 9.33. The first-order valence-corrected chi connectivity index (χ1v) is 7.89. The summed E-state index contributed by atoms with van der Waals surface area (Å²) in [7, 11) is -3.27. The fourth-order valence-corrected chi connectivity index (χ4v) is 2.74. The second-order valence-electron chi connectivity index (χ2n) is 4.74. The maximum atomic E-state index is 11.8. The highest BCUT2D eigenvalue weighted by Crippen LogP contribution is 2.08. The van der Waals surface area contributed by atoms with Crippen molar-refractivity contribution in [3.63, 3.8) is 0 Å². The zero-order valence-electron chi connectivity index (χ0n) is 11.2. The molecule has 2 aromatic rings. The van der Waals surface area contributed by atoms with Crippen LogP contribution < -0.4 is 11.4 Å². The molecular formula is C13H15NO5S. The van der Waals surface area contributed by atoms with Crippen LogP contribution in [0.4, 0.5) is 0 Å². The van der Waals surface area contributed by atoms with Crippen LogP contribution in [0.5, 0.6) is 0 Å². The van der Waals surface area contributed by atoms with Crippen molar-refractivity contribution >= 4 is 20.7 Å². The van der Waals surface area contributed by atoms with Crippen LogP contribution in [0, 0.1) is 0 Å². The number of hydrogen-bond acceptors (Lipinski definition) is 5. The highest BCUT2D eigenvalue weighted by molar-refractivity contribution is 7.91. The minimum atomic E-state index is -3.27. The van der Waals surface area contributed by atoms with Crippen molar-refractivity contribution in [1.82, 2.24) is 4.57 Å². The Bertz CT molecular complexity index is 845. The van der Waals surface area contributed by atoms with E-state index in [1.807, 2.05) is 0 Å². The number of aryl methyl sites for hydroxylation is 1. The van der Waals surface area contributed by atoms with Gasteiger partial charge in [-0.15, -0.1) is 0 Å². The van der Waals surface area contributed by atoms with E-state index in [1.54, 1.807) is 32.0 Å². The largest absolute Gasteiger partial charge is 0.422 e. The van der Waals surface area contributed by atoms with Crippen LogP contribution in [0.1, 0.15) is 13.8 Å². The SMILES string of the molecule is CC(C)S(=O)(=O)CCn1c(=O)oc(=O)c2ccccc21. The highest BCUT2D eigenvalue weighted by Gasteiger charge is 2.17. The van der Waals surface area contributed by atoms with Gasteiger partial charge in [-0.2, -0.15) is 0 Å². The molecule has 0 unspecified atom stereocenters. The van der Waals surface area contributed by atoms with E-state index in [-0.39, 0.29) is 17.7 Å². The predicted molar refractivity (Wildman–Crippen MR) is 75.7 cm³/mol. The molecule has 0 aliphatic rings. The fraction of sp³-hybridized carbons (Fsp3) is 0.385. The molecule has 0 radical (unpaired) electrons. The summed E-state index contributed by atoms with van der Waals surface area (Å²) in [6.45, 7) is 3.13. The summed E-state index contributed by atoms with van der Waals surface area (Å²) in [5.41, 5.74) is -0.332. The topological polar surface area (TPSA) is 86.3 Å². The van der Waals surface area contributed by atoms with Gasteiger partial charge in [0.15, 0.2) is 9.84 Å². The van der Waals surface area contributed by atoms with Gasteiger partial charge in [-0.05, 0) is 26.0 Å². The van der Waals surface area contributed by atoms with Crippen molar-refractivity contribution < 1.29 is 12.8 Å². The van der Waals surface area contributed by atoms with Crippen LogP contribution >= 0.6 is 0 Å². The van der Waals surface area contributed by atoms with E-state index in [4.69, 9.17) is 0 Å². The van der Waals surface area contributed by atoms with Gasteiger partial charge in [0.05, 0.1) is 21.9 Å². The molecule has 0 bridgehead atoms. The molecule has 108 valence electrons. The smallest absolute Gasteiger partial charge is 0.372 e. The van der Waals surface area contributed by atoms with E-state index in [1.165, 1.54) is 10.6 Å². The minimum absolute atomic E-state index is 0.0381. The maximum Gasteiger partial charge on any atom is 0.422 e. The monoisotopic (exact) mass is 297 g/mol. The summed E-state index contributed by atoms with van der Waals surface area (Å²) in [6.07, 6.45) is 0. The van der Waals surface area contributed by atoms with Gasteiger partial charge in [0.25, 0.3) is 0 Å². The number of sulfone groups is 1. The van der Waals surface area contributed by atoms with Crippen LogP contribution in [0.2, 0.25) is 0 Å². The molecule has 1 heterocycles. The zero-order chi connectivity index (χ0) is 14.9. The average molecular weight is 297 g/mol. The Balaban J connectivity index is 2.51. The second-order valence-corrected chi connectivity index (χ2v) is 7.42. The third kappa shape index (κ3) is 2.67. The molecule has 0 saturated carbocycles. The zero-order valence-corrected chi connectivity index (χ0v) is 12.0. The van der Waals surface area contributed by atoms with Crippen molar-refractivity contribution in [2.75, 3.05) is 5.75 Å². The second kappa shape index (κ2) is 5.24. The summed E-state index contributed by atoms with van der Waals surface area (Å²) in [5.74, 6) is -1.02. The lowest BCUT2D eigenvalue weighted by atomic mass is 10.2. The van der Waals surface area contributed by atoms with Gasteiger partial charge < -0.3 is 4.42 Å². The van der Waals surface area contributed by atoms with Gasteiger partial charge in [-0.25, -0.2) is 18.0 Å². The molecule has 2 rings (SSSR count). The lowest BCUT2D eigenvalue weighted by Crippen LogP contribution is -2.29. The number of para-hydroxylation sites is 1. The Labute approximate surface area is 115 Å². The van der Waals surface area contributed by atoms with Crippen molar-refractivity contribution in [2.45, 2.75) is 25.6 Å². The molecule has 0 amide bonds. The first-order valence-electron chi connectivity index (χ1n) is 6.17. The predicted octanol–water partition coefficient (Wildman–Crippen LogP) is 0.778. The molecule has 20 heavy (non-hydrogen) atoms. The highest BCUT2D eigenvalue weighted by atomic mass is 32.2. The van der Waals surface area contributed by atoms with Gasteiger partial charge >= 0.3 is 11.4 Å². The van der Waals surface area contributed by atoms with E-state index >= 15 is 0 Å². The summed E-state index contributed by atoms with van der Waals surface area (Å²) >= 11 is 0. The van der Waals surface area contributed by atoms with E-state index in [9.17, 15) is 18.0 Å². The van der Waals surface area contributed by atoms with E-state index in [0.29, 0.717) is 5.52 Å². The number of hydrogen-bond donors (Lipinski definition) is 0. The lowest BCUT2D eigenvalue weighted by molar-refractivity contribution is 0.421. The van der Waals surface area contributed by atoms with Crippen LogP contribution in [-0.4, -0.2) is 24.0 Å². The number of nitrogens with zero attached hydrogens (tertiary/aromatic N) is 1. The van der Waals surface area contributed by atoms with Crippen molar-refractivity contribution in [3.8, 4) is 0 Å². The Kier molecular flexibility index (Phi) is 3.80. The summed E-state index contributed by atoms with van der Waals surface area (Å²) in [4.78, 5) is 23.3. The molecular weight excluding hydrogens is 282 g/mol. The van der Waals surface area contributed by atoms with Crippen LogP contribution in [0.3, 0.4) is 0 Å². The van der Waals surface area contributed by atoms with Gasteiger partial charge in [0, 0.05) is 6.54 Å². The normalized spacial score (nSPS) is 12.2. The molecule has 0 N–H and O–H groups in total. The summed E-state index contributed by atoms with van der Waals surface area (Å²) < 4.78 is 29.4. The number of benzene rings is 1. The fourth-order valence-electron chi connectivity index (χ4n) is 1.84. The van der Waals surface area contributed by atoms with Gasteiger partial charge in [0.2, 0.25) is 0 Å². The van der Waals surface area contributed by atoms with Crippen LogP contribution in [0.15, 0.2) is 38.3 Å². The molecule has 0 fully saturated rings. The number of rotatable bonds is 4. The Morgan fingerprint density at radius 1 is 1.20 bits per heavy atom. The molecule has 0 aliphatic heterocycles. The van der Waals surface area contributed by atoms with Crippen molar-refractivity contribution in [3.05, 3.63) is 45.2 Å². The van der Waals surface area contributed by atoms with Crippen LogP contribution in [0.25, 0.3) is 10.9 Å². The third-order valence-electron chi connectivity index (χ3n) is 3.13. The summed E-state index contributed by atoms with van der Waals surface area (Å²) in [5, 5.41) is -0.255. The Hall–Kier alpha value is -1.89. The Morgan fingerprint density at radius 3 is 2.50 bits per heavy atom. The molecule has 0 spiro atoms. The van der Waals surface area contributed by atoms with Crippen LogP contribution in [-0.2, 0) is 16.4 Å². The van der Waals surface area contributed by atoms with E-state index in [2.05, 4.69) is 4.42 Å². The number of aromatic nitrogens is 1. The minimum Gasteiger partial charge on any atom is -0.372 e. The average Bonchev–Trinajstić information content (AvgIpc) is 2.38. The van der Waals surface area contributed by atoms with Gasteiger partial charge in [-0.3, -0.25) is 4.57 Å². The molecule has 1 aromatic heterocycles. The van der Waals surface area contributed by atoms with Crippen molar-refractivity contribution in [1.29, 1.82) is 0 Å². The standard InChI is InChI=1S/C13H15NO5S/c1-9(2)20(17,18)8-7-14-11-6-4-3-5-10(11)12(15)19-13(14)16/h3-6,9H,7-8H2,1-2H3.